The van der Waals surface area contributed by atoms with E-state index in [1.807, 2.05) is 0 Å². The SMILES string of the molecule is C[NH+]1CCc2c(sc3c2C(=O)N[C@H](c2cc(Br)c([O-])c(Br)c2)N3)C1. The number of nitrogens with one attached hydrogen (secondary N) is 3. The first-order valence-corrected chi connectivity index (χ1v) is 10.0. The maximum Gasteiger partial charge on any atom is 0.256 e. The second-order valence-electron chi connectivity index (χ2n) is 6.21. The van der Waals surface area contributed by atoms with Crippen molar-refractivity contribution in [3.63, 3.8) is 0 Å². The molecule has 3 heterocycles. The second-order valence-corrected chi connectivity index (χ2v) is 9.02. The number of anilines is 1. The predicted octanol–water partition coefficient (Wildman–Crippen LogP) is 1.77. The van der Waals surface area contributed by atoms with Gasteiger partial charge in [-0.15, -0.1) is 11.3 Å². The lowest BCUT2D eigenvalue weighted by Gasteiger charge is -2.28. The first-order chi connectivity index (χ1) is 11.4. The van der Waals surface area contributed by atoms with E-state index in [1.165, 1.54) is 15.3 Å². The van der Waals surface area contributed by atoms with Gasteiger partial charge in [-0.25, -0.2) is 0 Å². The Balaban J connectivity index is 1.71. The maximum atomic E-state index is 12.7. The van der Waals surface area contributed by atoms with Gasteiger partial charge in [0.1, 0.15) is 17.7 Å². The van der Waals surface area contributed by atoms with Gasteiger partial charge in [-0.2, -0.15) is 0 Å². The van der Waals surface area contributed by atoms with Gasteiger partial charge in [-0.1, -0.05) is 37.6 Å². The molecule has 3 N–H and O–H groups in total. The highest BCUT2D eigenvalue weighted by molar-refractivity contribution is 9.11. The van der Waals surface area contributed by atoms with E-state index in [1.54, 1.807) is 23.5 Å². The van der Waals surface area contributed by atoms with Crippen molar-refractivity contribution in [2.45, 2.75) is 19.1 Å². The van der Waals surface area contributed by atoms with Gasteiger partial charge < -0.3 is 20.6 Å². The van der Waals surface area contributed by atoms with Gasteiger partial charge in [0.05, 0.1) is 24.0 Å². The van der Waals surface area contributed by atoms with E-state index in [0.717, 1.165) is 35.6 Å². The molecule has 24 heavy (non-hydrogen) atoms. The van der Waals surface area contributed by atoms with E-state index < -0.39 is 0 Å². The third kappa shape index (κ3) is 2.65. The van der Waals surface area contributed by atoms with Gasteiger partial charge in [0.25, 0.3) is 5.91 Å². The van der Waals surface area contributed by atoms with Gasteiger partial charge >= 0.3 is 0 Å². The molecule has 8 heteroatoms. The van der Waals surface area contributed by atoms with Crippen LogP contribution < -0.4 is 20.6 Å². The van der Waals surface area contributed by atoms with Crippen LogP contribution in [0.15, 0.2) is 21.1 Å². The number of likely N-dealkylation sites (N-methyl/N-ethyl adjacent to an activating group) is 1. The van der Waals surface area contributed by atoms with E-state index in [4.69, 9.17) is 0 Å². The van der Waals surface area contributed by atoms with E-state index in [2.05, 4.69) is 49.5 Å². The number of thiophene rings is 1. The number of hydrogen-bond acceptors (Lipinski definition) is 4. The van der Waals surface area contributed by atoms with Crippen LogP contribution in [0.3, 0.4) is 0 Å². The van der Waals surface area contributed by atoms with Crippen LogP contribution in [-0.2, 0) is 13.0 Å². The zero-order valence-corrected chi connectivity index (χ0v) is 16.8. The Morgan fingerprint density at radius 1 is 1.29 bits per heavy atom. The lowest BCUT2D eigenvalue weighted by Crippen LogP contribution is -3.08. The van der Waals surface area contributed by atoms with Crippen molar-refractivity contribution >= 4 is 54.1 Å². The average molecular weight is 473 g/mol. The van der Waals surface area contributed by atoms with Crippen LogP contribution >= 0.6 is 43.2 Å². The fourth-order valence-corrected chi connectivity index (χ4v) is 5.85. The number of halogens is 2. The highest BCUT2D eigenvalue weighted by atomic mass is 79.9. The summed E-state index contributed by atoms with van der Waals surface area (Å²) in [6, 6.07) is 3.50. The molecule has 0 saturated carbocycles. The lowest BCUT2D eigenvalue weighted by atomic mass is 10.0. The molecule has 0 fully saturated rings. The van der Waals surface area contributed by atoms with Gasteiger partial charge in [0, 0.05) is 15.4 Å². The normalized spacial score (nSPS) is 22.4. The van der Waals surface area contributed by atoms with Gasteiger partial charge in [0.2, 0.25) is 0 Å². The molecule has 2 aliphatic rings. The van der Waals surface area contributed by atoms with Crippen molar-refractivity contribution in [1.29, 1.82) is 0 Å². The first-order valence-electron chi connectivity index (χ1n) is 7.63. The number of amides is 1. The predicted molar refractivity (Wildman–Crippen MR) is 98.6 cm³/mol. The molecule has 126 valence electrons. The Kier molecular flexibility index (Phi) is 4.11. The van der Waals surface area contributed by atoms with E-state index in [9.17, 15) is 9.90 Å². The topological polar surface area (TPSA) is 68.6 Å². The van der Waals surface area contributed by atoms with Crippen LogP contribution in [0.5, 0.6) is 5.75 Å². The van der Waals surface area contributed by atoms with Gasteiger partial charge in [-0.05, 0) is 23.3 Å². The quantitative estimate of drug-likeness (QED) is 0.592. The summed E-state index contributed by atoms with van der Waals surface area (Å²) in [5.74, 6) is -0.136. The summed E-state index contributed by atoms with van der Waals surface area (Å²) < 4.78 is 0.953. The van der Waals surface area contributed by atoms with Crippen molar-refractivity contribution in [2.75, 3.05) is 18.9 Å². The molecule has 2 aliphatic heterocycles. The number of quaternary nitrogens is 1. The molecule has 2 atom stereocenters. The second kappa shape index (κ2) is 6.01. The summed E-state index contributed by atoms with van der Waals surface area (Å²) in [4.78, 5) is 15.4. The summed E-state index contributed by atoms with van der Waals surface area (Å²) in [6.45, 7) is 2.02. The van der Waals surface area contributed by atoms with Crippen LogP contribution in [0.4, 0.5) is 5.00 Å². The maximum absolute atomic E-state index is 12.7. The number of benzene rings is 1. The molecule has 0 saturated heterocycles. The molecule has 1 aromatic carbocycles. The van der Waals surface area contributed by atoms with Crippen molar-refractivity contribution in [2.24, 2.45) is 0 Å². The smallest absolute Gasteiger partial charge is 0.256 e. The van der Waals surface area contributed by atoms with Gasteiger partial charge in [0.15, 0.2) is 0 Å². The molecule has 0 spiro atoms. The molecule has 2 aromatic rings. The number of fused-ring (bicyclic) bond motifs is 3. The summed E-state index contributed by atoms with van der Waals surface area (Å²) in [7, 11) is 2.18. The van der Waals surface area contributed by atoms with Gasteiger partial charge in [-0.3, -0.25) is 4.79 Å². The van der Waals surface area contributed by atoms with Crippen molar-refractivity contribution in [1.82, 2.24) is 5.32 Å². The van der Waals surface area contributed by atoms with Crippen molar-refractivity contribution in [3.05, 3.63) is 42.6 Å². The fraction of sp³-hybridized carbons (Fsp3) is 0.312. The van der Waals surface area contributed by atoms with E-state index in [0.29, 0.717) is 8.95 Å². The van der Waals surface area contributed by atoms with Crippen molar-refractivity contribution < 1.29 is 14.8 Å². The standard InChI is InChI=1S/C16H15Br2N3O2S/c1-21-3-2-8-11(6-21)24-16-12(8)15(23)19-14(20-16)7-4-9(17)13(22)10(18)5-7/h4-5,14,20,22H,2-3,6H2,1H3,(H,19,23)/t14-/m0/s1. The molecule has 0 aliphatic carbocycles. The average Bonchev–Trinajstić information content (AvgIpc) is 2.89. The third-order valence-electron chi connectivity index (χ3n) is 4.49. The number of carbonyl (C=O) groups excluding carboxylic acids is 1. The van der Waals surface area contributed by atoms with Crippen LogP contribution in [0.1, 0.15) is 32.5 Å². The molecule has 5 nitrogen and oxygen atoms in total. The Hall–Kier alpha value is -1.09. The minimum atomic E-state index is -0.344. The number of hydrogen-bond donors (Lipinski definition) is 3. The zero-order chi connectivity index (χ0) is 17.0. The molecular formula is C16H15Br2N3O2S. The first kappa shape index (κ1) is 16.4. The number of rotatable bonds is 1. The number of carbonyl (C=O) groups is 1. The molecule has 0 radical (unpaired) electrons. The monoisotopic (exact) mass is 471 g/mol. The molecule has 1 unspecified atom stereocenters. The summed E-state index contributed by atoms with van der Waals surface area (Å²) in [5.41, 5.74) is 2.83. The fourth-order valence-electron chi connectivity index (χ4n) is 3.25. The van der Waals surface area contributed by atoms with Crippen LogP contribution in [0.2, 0.25) is 0 Å². The molecule has 1 aromatic heterocycles. The Bertz CT molecular complexity index is 829. The van der Waals surface area contributed by atoms with Crippen LogP contribution in [-0.4, -0.2) is 19.5 Å². The van der Waals surface area contributed by atoms with Crippen molar-refractivity contribution in [3.8, 4) is 5.75 Å². The Labute approximate surface area is 160 Å². The summed E-state index contributed by atoms with van der Waals surface area (Å²) in [5, 5.41) is 19.2. The summed E-state index contributed by atoms with van der Waals surface area (Å²) >= 11 is 8.24. The van der Waals surface area contributed by atoms with Crippen LogP contribution in [0, 0.1) is 0 Å². The molecule has 1 amide bonds. The Morgan fingerprint density at radius 3 is 2.71 bits per heavy atom. The highest BCUT2D eigenvalue weighted by Gasteiger charge is 2.34. The van der Waals surface area contributed by atoms with E-state index in [-0.39, 0.29) is 17.8 Å². The molecule has 0 bridgehead atoms. The Morgan fingerprint density at radius 2 is 2.00 bits per heavy atom. The molecular weight excluding hydrogens is 458 g/mol. The lowest BCUT2D eigenvalue weighted by molar-refractivity contribution is -0.895. The third-order valence-corrected chi connectivity index (χ3v) is 6.83. The summed E-state index contributed by atoms with van der Waals surface area (Å²) in [6.07, 6.45) is 0.595. The minimum absolute atomic E-state index is 0.0377. The highest BCUT2D eigenvalue weighted by Crippen LogP contribution is 2.40. The minimum Gasteiger partial charge on any atom is -0.871 e. The largest absolute Gasteiger partial charge is 0.871 e. The zero-order valence-electron chi connectivity index (χ0n) is 12.8. The van der Waals surface area contributed by atoms with Crippen LogP contribution in [0.25, 0.3) is 0 Å². The van der Waals surface area contributed by atoms with E-state index >= 15 is 0 Å². The molecule has 4 rings (SSSR count).